The zero-order chi connectivity index (χ0) is 25.4. The van der Waals surface area contributed by atoms with Crippen molar-refractivity contribution in [3.05, 3.63) is 41.5 Å². The largest absolute Gasteiger partial charge is 0.490 e. The lowest BCUT2D eigenvalue weighted by atomic mass is 9.87. The van der Waals surface area contributed by atoms with Crippen molar-refractivity contribution in [3.63, 3.8) is 0 Å². The van der Waals surface area contributed by atoms with Crippen LogP contribution in [0.15, 0.2) is 30.3 Å². The van der Waals surface area contributed by atoms with Gasteiger partial charge in [-0.05, 0) is 92.2 Å². The molecule has 0 amide bonds. The monoisotopic (exact) mass is 499 g/mol. The maximum Gasteiger partial charge on any atom is 0.308 e. The molecule has 4 nitrogen and oxygen atoms in total. The fraction of sp³-hybridized carbons (Fsp3) is 0.633. The molecular weight excluding hydrogens is 460 g/mol. The summed E-state index contributed by atoms with van der Waals surface area (Å²) in [5, 5.41) is 1.42. The minimum Gasteiger partial charge on any atom is -0.490 e. The predicted molar refractivity (Wildman–Crippen MR) is 137 cm³/mol. The first-order valence-electron chi connectivity index (χ1n) is 13.8. The Morgan fingerprint density at radius 3 is 2.33 bits per heavy atom. The van der Waals surface area contributed by atoms with E-state index in [1.54, 1.807) is 6.07 Å². The minimum absolute atomic E-state index is 0.0164. The molecule has 2 aliphatic heterocycles. The van der Waals surface area contributed by atoms with Crippen LogP contribution in [-0.4, -0.2) is 36.2 Å². The van der Waals surface area contributed by atoms with E-state index in [0.717, 1.165) is 68.7 Å². The van der Waals surface area contributed by atoms with Gasteiger partial charge in [0.15, 0.2) is 0 Å². The van der Waals surface area contributed by atoms with Crippen LogP contribution in [0.1, 0.15) is 95.2 Å². The molecule has 2 aromatic rings. The lowest BCUT2D eigenvalue weighted by Gasteiger charge is -2.43. The molecule has 196 valence electrons. The average molecular weight is 500 g/mol. The van der Waals surface area contributed by atoms with E-state index in [-0.39, 0.29) is 29.6 Å². The highest BCUT2D eigenvalue weighted by molar-refractivity contribution is 5.88. The van der Waals surface area contributed by atoms with Crippen molar-refractivity contribution in [1.82, 2.24) is 4.90 Å². The Labute approximate surface area is 213 Å². The van der Waals surface area contributed by atoms with Gasteiger partial charge < -0.3 is 9.47 Å². The maximum absolute atomic E-state index is 14.3. The van der Waals surface area contributed by atoms with Gasteiger partial charge in [0, 0.05) is 18.1 Å². The molecule has 2 aromatic carbocycles. The van der Waals surface area contributed by atoms with Crippen molar-refractivity contribution >= 4 is 16.7 Å². The quantitative estimate of drug-likeness (QED) is 0.368. The van der Waals surface area contributed by atoms with E-state index in [0.29, 0.717) is 29.1 Å². The van der Waals surface area contributed by atoms with Crippen molar-refractivity contribution in [3.8, 4) is 5.75 Å². The molecule has 3 atom stereocenters. The molecule has 2 saturated heterocycles. The Morgan fingerprint density at radius 2 is 1.72 bits per heavy atom. The van der Waals surface area contributed by atoms with Crippen molar-refractivity contribution in [1.29, 1.82) is 0 Å². The van der Waals surface area contributed by atoms with Crippen LogP contribution in [0, 0.1) is 11.8 Å². The van der Waals surface area contributed by atoms with Gasteiger partial charge in [0.05, 0.1) is 24.7 Å². The number of carbonyl (C=O) groups is 1. The van der Waals surface area contributed by atoms with Gasteiger partial charge in [0.1, 0.15) is 5.75 Å². The van der Waals surface area contributed by atoms with Crippen LogP contribution in [0.3, 0.4) is 0 Å². The van der Waals surface area contributed by atoms with E-state index in [9.17, 15) is 13.6 Å². The first kappa shape index (κ1) is 25.4. The number of rotatable bonds is 7. The molecule has 3 unspecified atom stereocenters. The molecule has 0 spiro atoms. The number of esters is 1. The van der Waals surface area contributed by atoms with Crippen LogP contribution in [0.2, 0.25) is 0 Å². The van der Waals surface area contributed by atoms with E-state index in [2.05, 4.69) is 24.8 Å². The van der Waals surface area contributed by atoms with Crippen LogP contribution in [0.25, 0.3) is 10.8 Å². The van der Waals surface area contributed by atoms with Crippen LogP contribution in [-0.2, 0) is 9.53 Å². The van der Waals surface area contributed by atoms with E-state index in [1.165, 1.54) is 7.11 Å². The summed E-state index contributed by atoms with van der Waals surface area (Å²) in [6.07, 6.45) is 6.25. The smallest absolute Gasteiger partial charge is 0.308 e. The number of ether oxygens (including phenoxy) is 2. The number of nitrogens with zero attached hydrogens (tertiary/aromatic N) is 1. The lowest BCUT2D eigenvalue weighted by molar-refractivity contribution is -0.148. The topological polar surface area (TPSA) is 38.8 Å². The highest BCUT2D eigenvalue weighted by Crippen LogP contribution is 2.46. The van der Waals surface area contributed by atoms with Crippen molar-refractivity contribution < 1.29 is 23.0 Å². The number of fused-ring (bicyclic) bond motifs is 3. The van der Waals surface area contributed by atoms with Crippen LogP contribution in [0.4, 0.5) is 8.78 Å². The first-order chi connectivity index (χ1) is 17.4. The van der Waals surface area contributed by atoms with Gasteiger partial charge >= 0.3 is 5.97 Å². The van der Waals surface area contributed by atoms with Crippen molar-refractivity contribution in [2.45, 2.75) is 102 Å². The predicted octanol–water partition coefficient (Wildman–Crippen LogP) is 7.60. The standard InChI is InChI=1S/C30H39F2NO3/c1-4-26(33-22-9-10-23(33)17-21(16-22)30(34)35-3)20-7-13-25-19(15-20)8-14-27(28(25)29(31)32)36-24-11-5-18(2)6-12-24/h7-8,13-15,18,21-24,26,29H,4-6,9-12,16-17H2,1-3H3. The molecule has 2 heterocycles. The lowest BCUT2D eigenvalue weighted by Crippen LogP contribution is -2.46. The van der Waals surface area contributed by atoms with Crippen LogP contribution < -0.4 is 4.74 Å². The average Bonchev–Trinajstić information content (AvgIpc) is 3.12. The zero-order valence-electron chi connectivity index (χ0n) is 21.7. The summed E-state index contributed by atoms with van der Waals surface area (Å²) >= 11 is 0. The molecule has 36 heavy (non-hydrogen) atoms. The van der Waals surface area contributed by atoms with E-state index in [1.807, 2.05) is 18.2 Å². The van der Waals surface area contributed by atoms with Gasteiger partial charge in [0.2, 0.25) is 0 Å². The van der Waals surface area contributed by atoms with Gasteiger partial charge in [-0.1, -0.05) is 32.0 Å². The third kappa shape index (κ3) is 4.85. The molecular formula is C30H39F2NO3. The number of hydrogen-bond donors (Lipinski definition) is 0. The molecule has 0 N–H and O–H groups in total. The minimum atomic E-state index is -2.59. The summed E-state index contributed by atoms with van der Waals surface area (Å²) in [4.78, 5) is 14.8. The number of methoxy groups -OCH3 is 1. The molecule has 5 rings (SSSR count). The number of halogens is 2. The van der Waals surface area contributed by atoms with Crippen LogP contribution >= 0.6 is 0 Å². The Kier molecular flexibility index (Phi) is 7.52. The van der Waals surface area contributed by atoms with Gasteiger partial charge in [0.25, 0.3) is 6.43 Å². The second-order valence-electron chi connectivity index (χ2n) is 11.2. The molecule has 1 saturated carbocycles. The van der Waals surface area contributed by atoms with Gasteiger partial charge in [-0.3, -0.25) is 9.69 Å². The molecule has 3 fully saturated rings. The normalized spacial score (nSPS) is 29.4. The Morgan fingerprint density at radius 1 is 1.03 bits per heavy atom. The van der Waals surface area contributed by atoms with Gasteiger partial charge in [-0.2, -0.15) is 0 Å². The number of alkyl halides is 2. The van der Waals surface area contributed by atoms with Crippen LogP contribution in [0.5, 0.6) is 5.75 Å². The molecule has 6 heteroatoms. The number of carbonyl (C=O) groups excluding carboxylic acids is 1. The highest BCUT2D eigenvalue weighted by atomic mass is 19.3. The summed E-state index contributed by atoms with van der Waals surface area (Å²) in [6, 6.07) is 10.6. The number of hydrogen-bond acceptors (Lipinski definition) is 4. The number of piperidine rings is 1. The summed E-state index contributed by atoms with van der Waals surface area (Å²) in [5.74, 6) is 0.907. The molecule has 3 aliphatic rings. The fourth-order valence-corrected chi connectivity index (χ4v) is 7.11. The molecule has 1 aliphatic carbocycles. The summed E-state index contributed by atoms with van der Waals surface area (Å²) in [7, 11) is 1.47. The fourth-order valence-electron chi connectivity index (χ4n) is 7.11. The maximum atomic E-state index is 14.3. The van der Waals surface area contributed by atoms with Gasteiger partial charge in [-0.25, -0.2) is 8.78 Å². The molecule has 0 radical (unpaired) electrons. The Balaban J connectivity index is 1.41. The second kappa shape index (κ2) is 10.6. The molecule has 2 bridgehead atoms. The molecule has 0 aromatic heterocycles. The Hall–Kier alpha value is -2.21. The van der Waals surface area contributed by atoms with E-state index >= 15 is 0 Å². The van der Waals surface area contributed by atoms with Crippen molar-refractivity contribution in [2.24, 2.45) is 11.8 Å². The summed E-state index contributed by atoms with van der Waals surface area (Å²) < 4.78 is 39.8. The van der Waals surface area contributed by atoms with Crippen molar-refractivity contribution in [2.75, 3.05) is 7.11 Å². The summed E-state index contributed by atoms with van der Waals surface area (Å²) in [6.45, 7) is 4.43. The third-order valence-electron chi connectivity index (χ3n) is 8.98. The SMILES string of the molecule is CCC(c1ccc2c(C(F)F)c(OC3CCC(C)CC3)ccc2c1)N1C2CCC1CC(C(=O)OC)C2. The first-order valence-corrected chi connectivity index (χ1v) is 13.8. The third-order valence-corrected chi connectivity index (χ3v) is 8.98. The van der Waals surface area contributed by atoms with E-state index < -0.39 is 6.43 Å². The summed E-state index contributed by atoms with van der Waals surface area (Å²) in [5.41, 5.74) is 1.18. The second-order valence-corrected chi connectivity index (χ2v) is 11.2. The zero-order valence-corrected chi connectivity index (χ0v) is 21.7. The highest BCUT2D eigenvalue weighted by Gasteiger charge is 2.46. The van der Waals surface area contributed by atoms with E-state index in [4.69, 9.17) is 9.47 Å². The number of benzene rings is 2. The van der Waals surface area contributed by atoms with Gasteiger partial charge in [-0.15, -0.1) is 0 Å². The Bertz CT molecular complexity index is 1070.